The normalized spacial score (nSPS) is 19.3. The highest BCUT2D eigenvalue weighted by Crippen LogP contribution is 2.40. The van der Waals surface area contributed by atoms with Crippen LogP contribution in [0.1, 0.15) is 16.7 Å². The zero-order valence-corrected chi connectivity index (χ0v) is 19.8. The van der Waals surface area contributed by atoms with Crippen molar-refractivity contribution < 1.29 is 22.7 Å². The maximum absolute atomic E-state index is 13.4. The first-order valence-corrected chi connectivity index (χ1v) is 11.9. The SMILES string of the molecule is COc1ccc(N2CCN3c4ccc(C(F)(F)F)cc4C[C@H](C(=O)NCc4cccnc4)[C@@H]3C2)cc1. The van der Waals surface area contributed by atoms with Crippen LogP contribution < -0.4 is 19.9 Å². The maximum Gasteiger partial charge on any atom is 0.416 e. The molecule has 3 aromatic rings. The van der Waals surface area contributed by atoms with Crippen molar-refractivity contribution in [2.45, 2.75) is 25.2 Å². The van der Waals surface area contributed by atoms with Crippen LogP contribution in [0, 0.1) is 5.92 Å². The number of rotatable bonds is 5. The molecule has 0 bridgehead atoms. The minimum atomic E-state index is -4.43. The van der Waals surface area contributed by atoms with Crippen molar-refractivity contribution >= 4 is 17.3 Å². The predicted molar refractivity (Wildman–Crippen MR) is 131 cm³/mol. The topological polar surface area (TPSA) is 57.7 Å². The second-order valence-electron chi connectivity index (χ2n) is 9.14. The summed E-state index contributed by atoms with van der Waals surface area (Å²) >= 11 is 0. The van der Waals surface area contributed by atoms with Crippen molar-refractivity contribution in [3.05, 3.63) is 83.7 Å². The number of ether oxygens (including phenoxy) is 1. The number of halogens is 3. The lowest BCUT2D eigenvalue weighted by Gasteiger charge is -2.49. The molecule has 1 aromatic heterocycles. The van der Waals surface area contributed by atoms with Crippen molar-refractivity contribution in [3.63, 3.8) is 0 Å². The summed E-state index contributed by atoms with van der Waals surface area (Å²) in [5.41, 5.74) is 2.52. The van der Waals surface area contributed by atoms with E-state index in [1.165, 1.54) is 6.07 Å². The van der Waals surface area contributed by atoms with Crippen LogP contribution in [0.2, 0.25) is 0 Å². The lowest BCUT2D eigenvalue weighted by atomic mass is 9.82. The highest BCUT2D eigenvalue weighted by molar-refractivity contribution is 5.82. The van der Waals surface area contributed by atoms with Crippen LogP contribution in [-0.2, 0) is 23.9 Å². The fourth-order valence-electron chi connectivity index (χ4n) is 5.15. The molecule has 188 valence electrons. The van der Waals surface area contributed by atoms with Crippen LogP contribution in [-0.4, -0.2) is 43.7 Å². The van der Waals surface area contributed by atoms with Gasteiger partial charge >= 0.3 is 6.18 Å². The largest absolute Gasteiger partial charge is 0.497 e. The summed E-state index contributed by atoms with van der Waals surface area (Å²) in [6.07, 6.45) is -0.841. The minimum Gasteiger partial charge on any atom is -0.497 e. The Morgan fingerprint density at radius 3 is 2.64 bits per heavy atom. The Labute approximate surface area is 207 Å². The molecule has 5 rings (SSSR count). The fourth-order valence-corrected chi connectivity index (χ4v) is 5.15. The molecule has 1 saturated heterocycles. The predicted octanol–water partition coefficient (Wildman–Crippen LogP) is 4.29. The third-order valence-corrected chi connectivity index (χ3v) is 7.00. The summed E-state index contributed by atoms with van der Waals surface area (Å²) < 4.78 is 45.6. The number of alkyl halides is 3. The van der Waals surface area contributed by atoms with Gasteiger partial charge in [0.2, 0.25) is 5.91 Å². The van der Waals surface area contributed by atoms with Crippen LogP contribution in [0.3, 0.4) is 0 Å². The van der Waals surface area contributed by atoms with Crippen molar-refractivity contribution in [1.82, 2.24) is 10.3 Å². The van der Waals surface area contributed by atoms with E-state index in [4.69, 9.17) is 4.74 Å². The van der Waals surface area contributed by atoms with Gasteiger partial charge in [0.1, 0.15) is 5.75 Å². The van der Waals surface area contributed by atoms with Gasteiger partial charge in [-0.3, -0.25) is 9.78 Å². The van der Waals surface area contributed by atoms with E-state index in [0.29, 0.717) is 31.7 Å². The standard InChI is InChI=1S/C27H27F3N4O2/c1-36-22-7-5-21(6-8-22)33-11-12-34-24-9-4-20(27(28,29)30)13-19(24)14-23(25(34)17-33)26(35)32-16-18-3-2-10-31-15-18/h2-10,13,15,23,25H,11-12,14,16-17H2,1H3,(H,32,35)/t23-,25-/m0/s1. The van der Waals surface area contributed by atoms with E-state index in [2.05, 4.69) is 20.1 Å². The molecule has 1 fully saturated rings. The molecule has 0 spiro atoms. The highest BCUT2D eigenvalue weighted by Gasteiger charge is 2.42. The van der Waals surface area contributed by atoms with Gasteiger partial charge < -0.3 is 19.9 Å². The van der Waals surface area contributed by atoms with Gasteiger partial charge in [0.15, 0.2) is 0 Å². The number of nitrogens with zero attached hydrogens (tertiary/aromatic N) is 3. The van der Waals surface area contributed by atoms with Crippen molar-refractivity contribution in [1.29, 1.82) is 0 Å². The average Bonchev–Trinajstić information content (AvgIpc) is 2.90. The van der Waals surface area contributed by atoms with Gasteiger partial charge in [0, 0.05) is 49.9 Å². The number of carbonyl (C=O) groups is 1. The van der Waals surface area contributed by atoms with E-state index in [9.17, 15) is 18.0 Å². The van der Waals surface area contributed by atoms with Gasteiger partial charge in [-0.1, -0.05) is 6.07 Å². The summed E-state index contributed by atoms with van der Waals surface area (Å²) in [6, 6.07) is 15.1. The van der Waals surface area contributed by atoms with Gasteiger partial charge in [0.25, 0.3) is 0 Å². The lowest BCUT2D eigenvalue weighted by molar-refractivity contribution is -0.137. The number of piperazine rings is 1. The molecule has 1 N–H and O–H groups in total. The van der Waals surface area contributed by atoms with E-state index in [1.807, 2.05) is 30.3 Å². The molecule has 3 heterocycles. The molecule has 2 aliphatic heterocycles. The van der Waals surface area contributed by atoms with E-state index >= 15 is 0 Å². The minimum absolute atomic E-state index is 0.173. The molecule has 0 unspecified atom stereocenters. The highest BCUT2D eigenvalue weighted by atomic mass is 19.4. The van der Waals surface area contributed by atoms with Gasteiger partial charge in [0.05, 0.1) is 24.6 Å². The molecule has 2 aromatic carbocycles. The Kier molecular flexibility index (Phi) is 6.47. The van der Waals surface area contributed by atoms with E-state index in [0.717, 1.165) is 28.8 Å². The molecule has 0 saturated carbocycles. The molecular formula is C27H27F3N4O2. The summed E-state index contributed by atoms with van der Waals surface area (Å²) in [5, 5.41) is 2.98. The number of hydrogen-bond acceptors (Lipinski definition) is 5. The first kappa shape index (κ1) is 24.0. The third-order valence-electron chi connectivity index (χ3n) is 7.00. The lowest BCUT2D eigenvalue weighted by Crippen LogP contribution is -2.61. The zero-order chi connectivity index (χ0) is 25.3. The van der Waals surface area contributed by atoms with Crippen LogP contribution >= 0.6 is 0 Å². The Bertz CT molecular complexity index is 1220. The number of anilines is 2. The van der Waals surface area contributed by atoms with E-state index in [-0.39, 0.29) is 18.4 Å². The zero-order valence-electron chi connectivity index (χ0n) is 19.8. The molecule has 0 aliphatic carbocycles. The molecule has 9 heteroatoms. The summed E-state index contributed by atoms with van der Waals surface area (Å²) in [4.78, 5) is 21.8. The van der Waals surface area contributed by atoms with Crippen LogP contribution in [0.25, 0.3) is 0 Å². The average molecular weight is 497 g/mol. The van der Waals surface area contributed by atoms with Gasteiger partial charge in [-0.05, 0) is 66.1 Å². The smallest absolute Gasteiger partial charge is 0.416 e. The number of benzene rings is 2. The molecule has 2 atom stereocenters. The third kappa shape index (κ3) is 4.82. The molecule has 6 nitrogen and oxygen atoms in total. The number of pyridine rings is 1. The van der Waals surface area contributed by atoms with Gasteiger partial charge in [-0.15, -0.1) is 0 Å². The van der Waals surface area contributed by atoms with Crippen LogP contribution in [0.15, 0.2) is 67.0 Å². The quantitative estimate of drug-likeness (QED) is 0.571. The van der Waals surface area contributed by atoms with Crippen LogP contribution in [0.5, 0.6) is 5.75 Å². The Morgan fingerprint density at radius 1 is 1.14 bits per heavy atom. The van der Waals surface area contributed by atoms with Crippen molar-refractivity contribution in [3.8, 4) is 5.75 Å². The van der Waals surface area contributed by atoms with Gasteiger partial charge in [-0.25, -0.2) is 0 Å². The van der Waals surface area contributed by atoms with Crippen molar-refractivity contribution in [2.75, 3.05) is 36.5 Å². The summed E-state index contributed by atoms with van der Waals surface area (Å²) in [7, 11) is 1.62. The van der Waals surface area contributed by atoms with E-state index in [1.54, 1.807) is 31.6 Å². The molecule has 2 aliphatic rings. The Morgan fingerprint density at radius 2 is 1.94 bits per heavy atom. The second kappa shape index (κ2) is 9.72. The number of nitrogens with one attached hydrogen (secondary N) is 1. The Balaban J connectivity index is 1.43. The molecular weight excluding hydrogens is 469 g/mol. The molecule has 0 radical (unpaired) electrons. The summed E-state index contributed by atoms with van der Waals surface area (Å²) in [6.45, 7) is 2.18. The monoisotopic (exact) mass is 496 g/mol. The molecule has 1 amide bonds. The van der Waals surface area contributed by atoms with Crippen LogP contribution in [0.4, 0.5) is 24.5 Å². The van der Waals surface area contributed by atoms with Gasteiger partial charge in [-0.2, -0.15) is 13.2 Å². The molecule has 36 heavy (non-hydrogen) atoms. The maximum atomic E-state index is 13.4. The first-order chi connectivity index (χ1) is 17.3. The number of hydrogen-bond donors (Lipinski definition) is 1. The number of carbonyl (C=O) groups excluding carboxylic acids is 1. The second-order valence-corrected chi connectivity index (χ2v) is 9.14. The Hall–Kier alpha value is -3.75. The number of fused-ring (bicyclic) bond motifs is 3. The van der Waals surface area contributed by atoms with E-state index < -0.39 is 17.7 Å². The van der Waals surface area contributed by atoms with Crippen molar-refractivity contribution in [2.24, 2.45) is 5.92 Å². The number of aromatic nitrogens is 1. The number of methoxy groups -OCH3 is 1. The first-order valence-electron chi connectivity index (χ1n) is 11.9. The fraction of sp³-hybridized carbons (Fsp3) is 0.333. The number of amides is 1. The summed E-state index contributed by atoms with van der Waals surface area (Å²) in [5.74, 6) is 0.0873.